The molecule has 0 aliphatic heterocycles. The van der Waals surface area contributed by atoms with Crippen LogP contribution in [0.1, 0.15) is 41.6 Å². The van der Waals surface area contributed by atoms with Gasteiger partial charge in [0.05, 0.1) is 11.2 Å². The highest BCUT2D eigenvalue weighted by molar-refractivity contribution is 6.03. The molecule has 3 saturated carbocycles. The fraction of sp³-hybridized carbons (Fsp3) is 0.375. The van der Waals surface area contributed by atoms with E-state index in [1.807, 2.05) is 18.2 Å². The number of nitrogens with one attached hydrogen (secondary N) is 1. The van der Waals surface area contributed by atoms with Gasteiger partial charge >= 0.3 is 5.97 Å². The van der Waals surface area contributed by atoms with E-state index in [9.17, 15) is 9.59 Å². The number of rotatable bonds is 2. The van der Waals surface area contributed by atoms with Gasteiger partial charge in [0.1, 0.15) is 5.56 Å². The summed E-state index contributed by atoms with van der Waals surface area (Å²) in [5.74, 6) is -0.435. The molecule has 3 aliphatic rings. The zero-order valence-corrected chi connectivity index (χ0v) is 11.5. The Morgan fingerprint density at radius 1 is 1.38 bits per heavy atom. The van der Waals surface area contributed by atoms with E-state index in [1.54, 1.807) is 0 Å². The lowest BCUT2D eigenvalue weighted by atomic mass is 9.65. The molecule has 3 fully saturated rings. The van der Waals surface area contributed by atoms with Crippen LogP contribution in [-0.4, -0.2) is 16.1 Å². The van der Waals surface area contributed by atoms with Crippen molar-refractivity contribution in [1.29, 1.82) is 0 Å². The van der Waals surface area contributed by atoms with Gasteiger partial charge in [-0.3, -0.25) is 4.79 Å². The number of fused-ring (bicyclic) bond motifs is 2. The van der Waals surface area contributed by atoms with Crippen molar-refractivity contribution < 1.29 is 9.90 Å². The van der Waals surface area contributed by atoms with Crippen LogP contribution in [0.3, 0.4) is 0 Å². The van der Waals surface area contributed by atoms with Crippen molar-refractivity contribution in [3.05, 3.63) is 39.7 Å². The topological polar surface area (TPSA) is 96.2 Å². The number of hydrogen-bond acceptors (Lipinski definition) is 3. The Bertz CT molecular complexity index is 826. The third-order valence-electron chi connectivity index (χ3n) is 5.27. The Balaban J connectivity index is 1.92. The summed E-state index contributed by atoms with van der Waals surface area (Å²) in [4.78, 5) is 25.7. The number of carboxylic acids is 1. The molecule has 0 atom stereocenters. The normalized spacial score (nSPS) is 26.8. The van der Waals surface area contributed by atoms with Gasteiger partial charge in [-0.1, -0.05) is 12.1 Å². The highest BCUT2D eigenvalue weighted by atomic mass is 16.4. The number of nitrogen functional groups attached to an aromatic ring is 1. The number of aromatic amines is 1. The van der Waals surface area contributed by atoms with Gasteiger partial charge in [0.25, 0.3) is 5.56 Å². The molecular formula is C16H16N2O3. The first-order valence-electron chi connectivity index (χ1n) is 7.19. The standard InChI is InChI=1S/C16H16N2O3/c17-13-10-2-1-9(16-4-3-8(6-16)7-16)5-11(10)18-14(19)12(13)15(20)21/h1-2,5,8H,3-4,6-7H2,(H,20,21)(H3,17,18,19). The predicted molar refractivity (Wildman–Crippen MR) is 79.6 cm³/mol. The van der Waals surface area contributed by atoms with Crippen LogP contribution in [0.2, 0.25) is 0 Å². The molecule has 2 bridgehead atoms. The van der Waals surface area contributed by atoms with E-state index in [-0.39, 0.29) is 16.7 Å². The number of nitrogens with two attached hydrogens (primary N) is 1. The summed E-state index contributed by atoms with van der Waals surface area (Å²) < 4.78 is 0. The molecule has 108 valence electrons. The van der Waals surface area contributed by atoms with E-state index >= 15 is 0 Å². The Labute approximate surface area is 120 Å². The second-order valence-electron chi connectivity index (χ2n) is 6.40. The molecule has 1 heterocycles. The van der Waals surface area contributed by atoms with Gasteiger partial charge in [0.2, 0.25) is 0 Å². The minimum absolute atomic E-state index is 0.0446. The number of anilines is 1. The highest BCUT2D eigenvalue weighted by Gasteiger charge is 2.51. The van der Waals surface area contributed by atoms with Crippen LogP contribution in [0.25, 0.3) is 10.9 Å². The number of hydrogen-bond donors (Lipinski definition) is 3. The maximum absolute atomic E-state index is 11.9. The minimum Gasteiger partial charge on any atom is -0.477 e. The van der Waals surface area contributed by atoms with Crippen LogP contribution in [-0.2, 0) is 5.41 Å². The lowest BCUT2D eigenvalue weighted by Crippen LogP contribution is -2.32. The third kappa shape index (κ3) is 1.57. The highest BCUT2D eigenvalue weighted by Crippen LogP contribution is 2.59. The number of pyridine rings is 1. The van der Waals surface area contributed by atoms with Gasteiger partial charge in [-0.25, -0.2) is 4.79 Å². The second-order valence-corrected chi connectivity index (χ2v) is 6.40. The van der Waals surface area contributed by atoms with Gasteiger partial charge in [-0.2, -0.15) is 0 Å². The molecule has 0 unspecified atom stereocenters. The molecule has 5 rings (SSSR count). The van der Waals surface area contributed by atoms with Crippen molar-refractivity contribution in [3.63, 3.8) is 0 Å². The molecule has 0 spiro atoms. The molecule has 0 amide bonds. The lowest BCUT2D eigenvalue weighted by Gasteiger charge is -2.39. The number of aromatic nitrogens is 1. The summed E-state index contributed by atoms with van der Waals surface area (Å²) in [5, 5.41) is 9.68. The van der Waals surface area contributed by atoms with E-state index in [1.165, 1.54) is 31.2 Å². The molecule has 3 aliphatic carbocycles. The van der Waals surface area contributed by atoms with Crippen LogP contribution in [0.15, 0.2) is 23.0 Å². The summed E-state index contributed by atoms with van der Waals surface area (Å²) in [6, 6.07) is 5.84. The van der Waals surface area contributed by atoms with Gasteiger partial charge in [-0.05, 0) is 48.6 Å². The van der Waals surface area contributed by atoms with Crippen molar-refractivity contribution in [3.8, 4) is 0 Å². The Hall–Kier alpha value is -2.30. The van der Waals surface area contributed by atoms with Gasteiger partial charge in [0.15, 0.2) is 0 Å². The quantitative estimate of drug-likeness (QED) is 0.788. The monoisotopic (exact) mass is 284 g/mol. The molecule has 21 heavy (non-hydrogen) atoms. The SMILES string of the molecule is Nc1c(C(=O)O)c(=O)[nH]c2cc(C34CCC(C3)C4)ccc12. The average molecular weight is 284 g/mol. The van der Waals surface area contributed by atoms with Crippen molar-refractivity contribution in [2.45, 2.75) is 31.1 Å². The third-order valence-corrected chi connectivity index (χ3v) is 5.27. The summed E-state index contributed by atoms with van der Waals surface area (Å²) in [6.45, 7) is 0. The van der Waals surface area contributed by atoms with E-state index in [4.69, 9.17) is 10.8 Å². The molecule has 5 nitrogen and oxygen atoms in total. The largest absolute Gasteiger partial charge is 0.477 e. The van der Waals surface area contributed by atoms with Crippen LogP contribution in [0.4, 0.5) is 5.69 Å². The van der Waals surface area contributed by atoms with Crippen molar-refractivity contribution in [1.82, 2.24) is 4.98 Å². The first-order valence-corrected chi connectivity index (χ1v) is 7.19. The summed E-state index contributed by atoms with van der Waals surface area (Å²) in [7, 11) is 0. The summed E-state index contributed by atoms with van der Waals surface area (Å²) >= 11 is 0. The summed E-state index contributed by atoms with van der Waals surface area (Å²) in [5.41, 5.74) is 7.04. The van der Waals surface area contributed by atoms with Gasteiger partial charge < -0.3 is 15.8 Å². The maximum atomic E-state index is 11.9. The van der Waals surface area contributed by atoms with Crippen LogP contribution in [0, 0.1) is 5.92 Å². The molecule has 4 N–H and O–H groups in total. The van der Waals surface area contributed by atoms with E-state index in [0.29, 0.717) is 10.9 Å². The molecule has 2 aromatic rings. The molecule has 5 heteroatoms. The van der Waals surface area contributed by atoms with E-state index in [2.05, 4.69) is 4.98 Å². The number of carbonyl (C=O) groups is 1. The predicted octanol–water partition coefficient (Wildman–Crippen LogP) is 2.25. The van der Waals surface area contributed by atoms with Crippen molar-refractivity contribution in [2.75, 3.05) is 5.73 Å². The first-order chi connectivity index (χ1) is 10.00. The minimum atomic E-state index is -1.30. The second kappa shape index (κ2) is 3.87. The van der Waals surface area contributed by atoms with Crippen LogP contribution >= 0.6 is 0 Å². The lowest BCUT2D eigenvalue weighted by molar-refractivity contribution is 0.0696. The zero-order chi connectivity index (χ0) is 14.8. The Kier molecular flexibility index (Phi) is 2.29. The number of aromatic carboxylic acids is 1. The van der Waals surface area contributed by atoms with Crippen LogP contribution in [0.5, 0.6) is 0 Å². The zero-order valence-electron chi connectivity index (χ0n) is 11.5. The molecular weight excluding hydrogens is 268 g/mol. The smallest absolute Gasteiger partial charge is 0.343 e. The Morgan fingerprint density at radius 3 is 2.76 bits per heavy atom. The molecule has 1 aromatic heterocycles. The molecule has 0 saturated heterocycles. The Morgan fingerprint density at radius 2 is 2.14 bits per heavy atom. The van der Waals surface area contributed by atoms with Crippen molar-refractivity contribution >= 4 is 22.6 Å². The first kappa shape index (κ1) is 12.4. The van der Waals surface area contributed by atoms with E-state index < -0.39 is 11.5 Å². The van der Waals surface area contributed by atoms with Gasteiger partial charge in [0, 0.05) is 5.39 Å². The number of carboxylic acid groups (broad SMARTS) is 1. The van der Waals surface area contributed by atoms with Crippen LogP contribution < -0.4 is 11.3 Å². The maximum Gasteiger partial charge on any atom is 0.343 e. The summed E-state index contributed by atoms with van der Waals surface area (Å²) in [6.07, 6.45) is 4.95. The van der Waals surface area contributed by atoms with Gasteiger partial charge in [-0.15, -0.1) is 0 Å². The number of H-pyrrole nitrogens is 1. The van der Waals surface area contributed by atoms with Crippen molar-refractivity contribution in [2.24, 2.45) is 5.92 Å². The van der Waals surface area contributed by atoms with E-state index in [0.717, 1.165) is 5.92 Å². The molecule has 1 aromatic carbocycles. The average Bonchev–Trinajstić information content (AvgIpc) is 2.97. The fourth-order valence-corrected chi connectivity index (χ4v) is 4.18. The number of benzene rings is 1. The fourth-order valence-electron chi connectivity index (χ4n) is 4.18. The molecule has 0 radical (unpaired) electrons.